The zero-order valence-electron chi connectivity index (χ0n) is 15.8. The average Bonchev–Trinajstić information content (AvgIpc) is 3.44. The first-order valence-electron chi connectivity index (χ1n) is 9.49. The average molecular weight is 415 g/mol. The van der Waals surface area contributed by atoms with Crippen molar-refractivity contribution < 1.29 is 4.79 Å². The van der Waals surface area contributed by atoms with Gasteiger partial charge in [0.2, 0.25) is 0 Å². The van der Waals surface area contributed by atoms with Crippen molar-refractivity contribution >= 4 is 28.8 Å². The molecule has 7 heteroatoms. The van der Waals surface area contributed by atoms with Crippen molar-refractivity contribution in [3.05, 3.63) is 69.1 Å². The molecule has 1 N–H and O–H groups in total. The summed E-state index contributed by atoms with van der Waals surface area (Å²) in [4.78, 5) is 16.6. The fraction of sp³-hybridized carbons (Fsp3) is 0.333. The van der Waals surface area contributed by atoms with Crippen LogP contribution in [0.4, 0.5) is 0 Å². The molecule has 3 aromatic rings. The summed E-state index contributed by atoms with van der Waals surface area (Å²) in [6, 6.07) is 11.9. The van der Waals surface area contributed by atoms with E-state index < -0.39 is 0 Å². The first kappa shape index (κ1) is 19.2. The maximum atomic E-state index is 12.9. The highest BCUT2D eigenvalue weighted by atomic mass is 35.5. The number of aromatic nitrogens is 2. The van der Waals surface area contributed by atoms with Gasteiger partial charge in [-0.2, -0.15) is 5.10 Å². The molecule has 1 aromatic carbocycles. The predicted octanol–water partition coefficient (Wildman–Crippen LogP) is 4.46. The van der Waals surface area contributed by atoms with E-state index in [1.807, 2.05) is 31.2 Å². The topological polar surface area (TPSA) is 50.2 Å². The summed E-state index contributed by atoms with van der Waals surface area (Å²) in [5.41, 5.74) is 2.23. The molecule has 1 atom stereocenters. The lowest BCUT2D eigenvalue weighted by Crippen LogP contribution is -2.36. The van der Waals surface area contributed by atoms with Crippen LogP contribution in [0.15, 0.2) is 48.0 Å². The summed E-state index contributed by atoms with van der Waals surface area (Å²) in [7, 11) is 0. The number of nitrogens with one attached hydrogen (secondary N) is 1. The highest BCUT2D eigenvalue weighted by Gasteiger charge is 2.25. The standard InChI is InChI=1S/C21H23ClN4OS/c1-15-18(13-24-26(15)17-7-4-6-16(22)12-17)21(27)23-14-19(20-8-5-11-28-20)25-9-2-3-10-25/h4-8,11-13,19H,2-3,9-10,14H2,1H3,(H,23,27). The van der Waals surface area contributed by atoms with Crippen molar-refractivity contribution in [2.45, 2.75) is 25.8 Å². The summed E-state index contributed by atoms with van der Waals surface area (Å²) in [5, 5.41) is 10.3. The summed E-state index contributed by atoms with van der Waals surface area (Å²) >= 11 is 7.84. The Hall–Kier alpha value is -2.15. The van der Waals surface area contributed by atoms with Crippen LogP contribution < -0.4 is 5.32 Å². The van der Waals surface area contributed by atoms with Crippen LogP contribution in [0.2, 0.25) is 5.02 Å². The maximum Gasteiger partial charge on any atom is 0.254 e. The number of rotatable bonds is 6. The van der Waals surface area contributed by atoms with Crippen LogP contribution in [-0.2, 0) is 0 Å². The Labute approximate surface area is 173 Å². The first-order valence-corrected chi connectivity index (χ1v) is 10.8. The van der Waals surface area contributed by atoms with Crippen molar-refractivity contribution in [3.8, 4) is 5.69 Å². The predicted molar refractivity (Wildman–Crippen MR) is 114 cm³/mol. The van der Waals surface area contributed by atoms with Crippen LogP contribution in [0.1, 0.15) is 39.8 Å². The molecule has 1 aliphatic rings. The number of thiophene rings is 1. The Balaban J connectivity index is 1.49. The van der Waals surface area contributed by atoms with Crippen molar-refractivity contribution in [1.82, 2.24) is 20.0 Å². The van der Waals surface area contributed by atoms with E-state index >= 15 is 0 Å². The van der Waals surface area contributed by atoms with Gasteiger partial charge in [0.1, 0.15) is 0 Å². The van der Waals surface area contributed by atoms with Gasteiger partial charge in [-0.05, 0) is 62.5 Å². The maximum absolute atomic E-state index is 12.9. The Bertz CT molecular complexity index is 947. The van der Waals surface area contributed by atoms with Crippen LogP contribution in [0.25, 0.3) is 5.69 Å². The summed E-state index contributed by atoms with van der Waals surface area (Å²) < 4.78 is 1.75. The second-order valence-corrected chi connectivity index (χ2v) is 8.44. The number of nitrogens with zero attached hydrogens (tertiary/aromatic N) is 3. The molecule has 0 bridgehead atoms. The van der Waals surface area contributed by atoms with E-state index in [0.29, 0.717) is 17.1 Å². The highest BCUT2D eigenvalue weighted by molar-refractivity contribution is 7.10. The van der Waals surface area contributed by atoms with Gasteiger partial charge in [0.25, 0.3) is 5.91 Å². The molecule has 0 aliphatic carbocycles. The summed E-state index contributed by atoms with van der Waals surface area (Å²) in [6.45, 7) is 4.68. The molecule has 4 rings (SSSR count). The van der Waals surface area contributed by atoms with Crippen molar-refractivity contribution in [2.24, 2.45) is 0 Å². The highest BCUT2D eigenvalue weighted by Crippen LogP contribution is 2.28. The van der Waals surface area contributed by atoms with Gasteiger partial charge in [0, 0.05) is 16.4 Å². The summed E-state index contributed by atoms with van der Waals surface area (Å²) in [5.74, 6) is -0.0912. The van der Waals surface area contributed by atoms with Gasteiger partial charge in [-0.3, -0.25) is 9.69 Å². The monoisotopic (exact) mass is 414 g/mol. The van der Waals surface area contributed by atoms with Crippen LogP contribution in [0, 0.1) is 6.92 Å². The quantitative estimate of drug-likeness (QED) is 0.647. The second-order valence-electron chi connectivity index (χ2n) is 7.02. The van der Waals surface area contributed by atoms with Crippen molar-refractivity contribution in [3.63, 3.8) is 0 Å². The molecule has 146 valence electrons. The van der Waals surface area contributed by atoms with Crippen LogP contribution in [0.5, 0.6) is 0 Å². The van der Waals surface area contributed by atoms with E-state index in [1.54, 1.807) is 22.2 Å². The molecule has 1 saturated heterocycles. The zero-order chi connectivity index (χ0) is 19.5. The molecule has 1 fully saturated rings. The molecule has 1 unspecified atom stereocenters. The first-order chi connectivity index (χ1) is 13.6. The number of hydrogen-bond donors (Lipinski definition) is 1. The van der Waals surface area contributed by atoms with E-state index in [9.17, 15) is 4.79 Å². The number of benzene rings is 1. The number of halogens is 1. The van der Waals surface area contributed by atoms with Crippen LogP contribution in [-0.4, -0.2) is 40.2 Å². The smallest absolute Gasteiger partial charge is 0.254 e. The second kappa shape index (κ2) is 8.47. The minimum absolute atomic E-state index is 0.0912. The molecule has 0 saturated carbocycles. The van der Waals surface area contributed by atoms with Crippen molar-refractivity contribution in [1.29, 1.82) is 0 Å². The van der Waals surface area contributed by atoms with Crippen LogP contribution in [0.3, 0.4) is 0 Å². The minimum Gasteiger partial charge on any atom is -0.350 e. The number of hydrogen-bond acceptors (Lipinski definition) is 4. The SMILES string of the molecule is Cc1c(C(=O)NCC(c2cccs2)N2CCCC2)cnn1-c1cccc(Cl)c1. The fourth-order valence-corrected chi connectivity index (χ4v) is 4.77. The van der Waals surface area contributed by atoms with E-state index in [1.165, 1.54) is 17.7 Å². The Kier molecular flexibility index (Phi) is 5.80. The molecular weight excluding hydrogens is 392 g/mol. The number of likely N-dealkylation sites (tertiary alicyclic amines) is 1. The molecule has 28 heavy (non-hydrogen) atoms. The van der Waals surface area contributed by atoms with E-state index in [-0.39, 0.29) is 11.9 Å². The largest absolute Gasteiger partial charge is 0.350 e. The van der Waals surface area contributed by atoms with Crippen LogP contribution >= 0.6 is 22.9 Å². The van der Waals surface area contributed by atoms with Gasteiger partial charge < -0.3 is 5.32 Å². The molecule has 1 amide bonds. The fourth-order valence-electron chi connectivity index (χ4n) is 3.73. The normalized spacial score (nSPS) is 15.6. The summed E-state index contributed by atoms with van der Waals surface area (Å²) in [6.07, 6.45) is 4.07. The van der Waals surface area contributed by atoms with Gasteiger partial charge in [-0.25, -0.2) is 4.68 Å². The lowest BCUT2D eigenvalue weighted by Gasteiger charge is -2.26. The molecule has 0 radical (unpaired) electrons. The minimum atomic E-state index is -0.0912. The van der Waals surface area contributed by atoms with E-state index in [0.717, 1.165) is 24.5 Å². The third kappa shape index (κ3) is 3.99. The number of carbonyl (C=O) groups excluding carboxylic acids is 1. The van der Waals surface area contributed by atoms with Gasteiger partial charge >= 0.3 is 0 Å². The number of amides is 1. The van der Waals surface area contributed by atoms with Crippen molar-refractivity contribution in [2.75, 3.05) is 19.6 Å². The molecule has 2 aromatic heterocycles. The molecule has 0 spiro atoms. The van der Waals surface area contributed by atoms with Gasteiger partial charge in [-0.1, -0.05) is 23.7 Å². The molecule has 1 aliphatic heterocycles. The third-order valence-electron chi connectivity index (χ3n) is 5.22. The number of carbonyl (C=O) groups is 1. The third-order valence-corrected chi connectivity index (χ3v) is 6.42. The van der Waals surface area contributed by atoms with E-state index in [2.05, 4.69) is 32.8 Å². The van der Waals surface area contributed by atoms with Gasteiger partial charge in [-0.15, -0.1) is 11.3 Å². The molecular formula is C21H23ClN4OS. The van der Waals surface area contributed by atoms with E-state index in [4.69, 9.17) is 11.6 Å². The Morgan fingerprint density at radius 2 is 2.11 bits per heavy atom. The Morgan fingerprint density at radius 1 is 1.29 bits per heavy atom. The molecule has 5 nitrogen and oxygen atoms in total. The van der Waals surface area contributed by atoms with Gasteiger partial charge in [0.05, 0.1) is 29.2 Å². The molecule has 3 heterocycles. The zero-order valence-corrected chi connectivity index (χ0v) is 17.3. The lowest BCUT2D eigenvalue weighted by molar-refractivity contribution is 0.0938. The Morgan fingerprint density at radius 3 is 2.82 bits per heavy atom. The van der Waals surface area contributed by atoms with Gasteiger partial charge in [0.15, 0.2) is 0 Å². The lowest BCUT2D eigenvalue weighted by atomic mass is 10.2.